The van der Waals surface area contributed by atoms with Gasteiger partial charge in [-0.05, 0) is 69.5 Å². The molecule has 5 rings (SSSR count). The maximum Gasteiger partial charge on any atom is -0.0102 e. The van der Waals surface area contributed by atoms with Gasteiger partial charge in [0.1, 0.15) is 0 Å². The average Bonchev–Trinajstić information content (AvgIpc) is 2.33. The lowest BCUT2D eigenvalue weighted by Crippen LogP contribution is -2.09. The molecular formula is C18H14. The normalized spacial score (nSPS) is 16.0. The Morgan fingerprint density at radius 2 is 0.889 bits per heavy atom. The first-order valence-electron chi connectivity index (χ1n) is 6.88. The molecule has 0 saturated carbocycles. The lowest BCUT2D eigenvalue weighted by Gasteiger charge is -2.22. The third-order valence-electron chi connectivity index (χ3n) is 4.80. The molecular weight excluding hydrogens is 216 g/mol. The molecule has 0 fully saturated rings. The van der Waals surface area contributed by atoms with E-state index in [9.17, 15) is 0 Å². The van der Waals surface area contributed by atoms with Gasteiger partial charge in [-0.25, -0.2) is 0 Å². The van der Waals surface area contributed by atoms with E-state index in [0.717, 1.165) is 0 Å². The lowest BCUT2D eigenvalue weighted by molar-refractivity contribution is 0.842. The Morgan fingerprint density at radius 1 is 0.500 bits per heavy atom. The molecule has 2 aliphatic rings. The summed E-state index contributed by atoms with van der Waals surface area (Å²) in [5, 5.41) is 5.75. The monoisotopic (exact) mass is 230 g/mol. The van der Waals surface area contributed by atoms with Crippen molar-refractivity contribution >= 4 is 21.5 Å². The molecule has 0 spiro atoms. The van der Waals surface area contributed by atoms with E-state index in [1.807, 2.05) is 0 Å². The number of fused-ring (bicyclic) bond motifs is 5. The highest BCUT2D eigenvalue weighted by Gasteiger charge is 2.17. The van der Waals surface area contributed by atoms with Crippen molar-refractivity contribution in [2.75, 3.05) is 0 Å². The third kappa shape index (κ3) is 1.02. The number of benzene rings is 3. The molecule has 0 saturated heterocycles. The summed E-state index contributed by atoms with van der Waals surface area (Å²) in [4.78, 5) is 0. The number of rotatable bonds is 0. The molecule has 0 atom stereocenters. The Balaban J connectivity index is 1.98. The van der Waals surface area contributed by atoms with Gasteiger partial charge in [0.05, 0.1) is 0 Å². The van der Waals surface area contributed by atoms with E-state index in [0.29, 0.717) is 0 Å². The fourth-order valence-electron chi connectivity index (χ4n) is 3.45. The molecule has 0 aromatic heterocycles. The van der Waals surface area contributed by atoms with Crippen LogP contribution in [-0.4, -0.2) is 0 Å². The van der Waals surface area contributed by atoms with Gasteiger partial charge in [-0.2, -0.15) is 0 Å². The van der Waals surface area contributed by atoms with Gasteiger partial charge in [0.2, 0.25) is 0 Å². The summed E-state index contributed by atoms with van der Waals surface area (Å²) in [5.41, 5.74) is 6.26. The second-order valence-electron chi connectivity index (χ2n) is 5.75. The van der Waals surface area contributed by atoms with Gasteiger partial charge < -0.3 is 0 Å². The van der Waals surface area contributed by atoms with E-state index in [4.69, 9.17) is 0 Å². The Labute approximate surface area is 106 Å². The predicted octanol–water partition coefficient (Wildman–Crippen LogP) is 4.19. The van der Waals surface area contributed by atoms with Crippen molar-refractivity contribution < 1.29 is 0 Å². The summed E-state index contributed by atoms with van der Waals surface area (Å²) in [5.74, 6) is 0. The maximum atomic E-state index is 2.43. The van der Waals surface area contributed by atoms with Crippen molar-refractivity contribution in [1.29, 1.82) is 0 Å². The largest absolute Gasteiger partial charge is 0.0537 e. The van der Waals surface area contributed by atoms with E-state index in [1.165, 1.54) is 47.2 Å². The minimum Gasteiger partial charge on any atom is -0.0537 e. The summed E-state index contributed by atoms with van der Waals surface area (Å²) >= 11 is 0. The average molecular weight is 230 g/mol. The van der Waals surface area contributed by atoms with E-state index >= 15 is 0 Å². The minimum absolute atomic E-state index is 1.27. The standard InChI is InChI=1S/C18H14/c1-3-13-9-17-15(7-11(1)13)5-6-16-8-12-2-4-14(12)10-18(16)17/h5-10H,1-4H2. The van der Waals surface area contributed by atoms with Crippen LogP contribution in [-0.2, 0) is 25.7 Å². The summed E-state index contributed by atoms with van der Waals surface area (Å²) in [7, 11) is 0. The molecule has 0 radical (unpaired) electrons. The minimum atomic E-state index is 1.27. The second-order valence-corrected chi connectivity index (χ2v) is 5.75. The quantitative estimate of drug-likeness (QED) is 0.508. The molecule has 86 valence electrons. The van der Waals surface area contributed by atoms with Gasteiger partial charge in [-0.3, -0.25) is 0 Å². The van der Waals surface area contributed by atoms with E-state index in [-0.39, 0.29) is 0 Å². The first-order chi connectivity index (χ1) is 8.88. The van der Waals surface area contributed by atoms with Crippen LogP contribution in [0.2, 0.25) is 0 Å². The van der Waals surface area contributed by atoms with Gasteiger partial charge in [-0.1, -0.05) is 36.4 Å². The summed E-state index contributed by atoms with van der Waals surface area (Å²) < 4.78 is 0. The van der Waals surface area contributed by atoms with E-state index in [1.54, 1.807) is 22.3 Å². The van der Waals surface area contributed by atoms with E-state index < -0.39 is 0 Å². The number of aryl methyl sites for hydroxylation is 4. The van der Waals surface area contributed by atoms with Gasteiger partial charge in [-0.15, -0.1) is 0 Å². The van der Waals surface area contributed by atoms with Gasteiger partial charge in [0.25, 0.3) is 0 Å². The van der Waals surface area contributed by atoms with Crippen molar-refractivity contribution in [3.05, 3.63) is 58.7 Å². The Hall–Kier alpha value is -1.82. The van der Waals surface area contributed by atoms with Crippen LogP contribution >= 0.6 is 0 Å². The molecule has 0 aliphatic heterocycles. The zero-order chi connectivity index (χ0) is 11.7. The van der Waals surface area contributed by atoms with E-state index in [2.05, 4.69) is 36.4 Å². The summed E-state index contributed by atoms with van der Waals surface area (Å²) in [6, 6.07) is 14.2. The lowest BCUT2D eigenvalue weighted by atomic mass is 9.82. The predicted molar refractivity (Wildman–Crippen MR) is 76.3 cm³/mol. The molecule has 0 heterocycles. The van der Waals surface area contributed by atoms with Gasteiger partial charge in [0.15, 0.2) is 0 Å². The highest BCUT2D eigenvalue weighted by molar-refractivity contribution is 6.08. The first-order valence-corrected chi connectivity index (χ1v) is 6.88. The maximum absolute atomic E-state index is 2.43. The van der Waals surface area contributed by atoms with Gasteiger partial charge in [0, 0.05) is 0 Å². The molecule has 0 nitrogen and oxygen atoms in total. The molecule has 0 bridgehead atoms. The smallest absolute Gasteiger partial charge is 0.0102 e. The second kappa shape index (κ2) is 2.95. The van der Waals surface area contributed by atoms with Crippen LogP contribution in [0.5, 0.6) is 0 Å². The van der Waals surface area contributed by atoms with Crippen LogP contribution in [0.1, 0.15) is 22.3 Å². The summed E-state index contributed by atoms with van der Waals surface area (Å²) in [6.45, 7) is 0. The van der Waals surface area contributed by atoms with Gasteiger partial charge >= 0.3 is 0 Å². The number of hydrogen-bond donors (Lipinski definition) is 0. The zero-order valence-electron chi connectivity index (χ0n) is 10.3. The third-order valence-corrected chi connectivity index (χ3v) is 4.80. The molecule has 2 aliphatic carbocycles. The summed E-state index contributed by atoms with van der Waals surface area (Å²) in [6.07, 6.45) is 5.08. The first kappa shape index (κ1) is 9.16. The van der Waals surface area contributed by atoms with Crippen LogP contribution in [0.25, 0.3) is 21.5 Å². The highest BCUT2D eigenvalue weighted by atomic mass is 14.2. The molecule has 0 amide bonds. The fourth-order valence-corrected chi connectivity index (χ4v) is 3.45. The van der Waals surface area contributed by atoms with Crippen molar-refractivity contribution in [2.24, 2.45) is 0 Å². The molecule has 18 heavy (non-hydrogen) atoms. The van der Waals surface area contributed by atoms with Crippen LogP contribution in [0.15, 0.2) is 36.4 Å². The SMILES string of the molecule is c1cc2cc3c(cc2c2cc4c(cc12)CC4)CC3. The van der Waals surface area contributed by atoms with Crippen LogP contribution in [0.3, 0.4) is 0 Å². The molecule has 0 heteroatoms. The van der Waals surface area contributed by atoms with Crippen molar-refractivity contribution in [1.82, 2.24) is 0 Å². The van der Waals surface area contributed by atoms with Crippen molar-refractivity contribution in [3.8, 4) is 0 Å². The number of hydrogen-bond acceptors (Lipinski definition) is 0. The molecule has 3 aromatic rings. The Kier molecular flexibility index (Phi) is 1.50. The highest BCUT2D eigenvalue weighted by Crippen LogP contribution is 2.35. The zero-order valence-corrected chi connectivity index (χ0v) is 10.3. The van der Waals surface area contributed by atoms with Crippen LogP contribution in [0.4, 0.5) is 0 Å². The molecule has 0 N–H and O–H groups in total. The van der Waals surface area contributed by atoms with Crippen LogP contribution < -0.4 is 0 Å². The molecule has 0 unspecified atom stereocenters. The van der Waals surface area contributed by atoms with Crippen molar-refractivity contribution in [2.45, 2.75) is 25.7 Å². The Morgan fingerprint density at radius 3 is 1.28 bits per heavy atom. The van der Waals surface area contributed by atoms with Crippen LogP contribution in [0, 0.1) is 0 Å². The van der Waals surface area contributed by atoms with Crippen molar-refractivity contribution in [3.63, 3.8) is 0 Å². The topological polar surface area (TPSA) is 0 Å². The fraction of sp³-hybridized carbons (Fsp3) is 0.222. The Bertz CT molecular complexity index is 754. The molecule has 3 aromatic carbocycles.